The van der Waals surface area contributed by atoms with Gasteiger partial charge in [0.05, 0.1) is 24.3 Å². The maximum atomic E-state index is 13.2. The molecule has 1 unspecified atom stereocenters. The van der Waals surface area contributed by atoms with Gasteiger partial charge >= 0.3 is 0 Å². The standard InChI is InChI=1S/C36H32N6O7/c43-30-8-7-29(34(45)41-30)42-35(46)26-2-1-3-28(33(26)36(42)47)38-12-14-48-15-13-39-31(44)20-49-32-9-5-23(18-40-32)21-4-6-25-24(16-21)17-22-10-11-37-19-27(22)25/h1-6,9-11,16,18-19,29,38H,7-8,12-15,17,20H2,(H,39,44)(H,41,43,45). The van der Waals surface area contributed by atoms with Gasteiger partial charge in [-0.2, -0.15) is 0 Å². The quantitative estimate of drug-likeness (QED) is 0.134. The molecule has 13 nitrogen and oxygen atoms in total. The van der Waals surface area contributed by atoms with Gasteiger partial charge in [-0.3, -0.25) is 39.2 Å². The second-order valence-corrected chi connectivity index (χ2v) is 11.8. The molecule has 1 atom stereocenters. The summed E-state index contributed by atoms with van der Waals surface area (Å²) in [6.07, 6.45) is 6.47. The fourth-order valence-corrected chi connectivity index (χ4v) is 6.32. The highest BCUT2D eigenvalue weighted by Crippen LogP contribution is 2.38. The molecule has 3 aliphatic rings. The second-order valence-electron chi connectivity index (χ2n) is 11.8. The summed E-state index contributed by atoms with van der Waals surface area (Å²) in [5.41, 5.74) is 7.74. The summed E-state index contributed by atoms with van der Waals surface area (Å²) in [6.45, 7) is 0.907. The topological polar surface area (TPSA) is 169 Å². The molecule has 0 saturated carbocycles. The molecule has 4 aromatic rings. The SMILES string of the molecule is O=C(COc1ccc(-c2ccc3c(c2)Cc2ccncc2-3)cn1)NCCOCCNc1cccc2c1C(=O)N(C1CCC(=O)NC1=O)C2=O. The van der Waals surface area contributed by atoms with Crippen LogP contribution in [0.3, 0.4) is 0 Å². The van der Waals surface area contributed by atoms with Crippen LogP contribution in [-0.4, -0.2) is 83.4 Å². The Labute approximate surface area is 281 Å². The zero-order valence-electron chi connectivity index (χ0n) is 26.4. The first-order valence-corrected chi connectivity index (χ1v) is 16.0. The fraction of sp³-hybridized carbons (Fsp3) is 0.250. The molecule has 2 aliphatic heterocycles. The number of hydrogen-bond donors (Lipinski definition) is 3. The Morgan fingerprint density at radius 3 is 2.59 bits per heavy atom. The van der Waals surface area contributed by atoms with Gasteiger partial charge in [-0.1, -0.05) is 24.3 Å². The van der Waals surface area contributed by atoms with E-state index in [-0.39, 0.29) is 56.2 Å². The fourth-order valence-electron chi connectivity index (χ4n) is 6.32. The molecule has 13 heteroatoms. The molecule has 4 heterocycles. The summed E-state index contributed by atoms with van der Waals surface area (Å²) < 4.78 is 11.2. The third kappa shape index (κ3) is 6.48. The van der Waals surface area contributed by atoms with Crippen LogP contribution in [0.2, 0.25) is 0 Å². The van der Waals surface area contributed by atoms with Gasteiger partial charge in [0, 0.05) is 61.0 Å². The number of anilines is 1. The molecule has 1 aliphatic carbocycles. The molecule has 7 rings (SSSR count). The van der Waals surface area contributed by atoms with Crippen molar-refractivity contribution in [3.05, 3.63) is 95.4 Å². The van der Waals surface area contributed by atoms with E-state index in [1.165, 1.54) is 28.3 Å². The van der Waals surface area contributed by atoms with Gasteiger partial charge in [0.2, 0.25) is 17.7 Å². The minimum atomic E-state index is -1.03. The molecule has 0 bridgehead atoms. The zero-order chi connectivity index (χ0) is 33.9. The van der Waals surface area contributed by atoms with Crippen LogP contribution < -0.4 is 20.7 Å². The van der Waals surface area contributed by atoms with Crippen molar-refractivity contribution in [3.8, 4) is 28.1 Å². The highest BCUT2D eigenvalue weighted by Gasteiger charge is 2.45. The van der Waals surface area contributed by atoms with E-state index >= 15 is 0 Å². The van der Waals surface area contributed by atoms with E-state index in [0.29, 0.717) is 18.1 Å². The number of pyridine rings is 2. The smallest absolute Gasteiger partial charge is 0.264 e. The number of aromatic nitrogens is 2. The number of benzene rings is 2. The van der Waals surface area contributed by atoms with Gasteiger partial charge in [0.15, 0.2) is 6.61 Å². The summed E-state index contributed by atoms with van der Waals surface area (Å²) in [4.78, 5) is 71.8. The normalized spacial score (nSPS) is 16.2. The van der Waals surface area contributed by atoms with E-state index in [4.69, 9.17) is 9.47 Å². The Morgan fingerprint density at radius 2 is 1.76 bits per heavy atom. The Balaban J connectivity index is 0.814. The average Bonchev–Trinajstić information content (AvgIpc) is 3.61. The maximum absolute atomic E-state index is 13.2. The van der Waals surface area contributed by atoms with Gasteiger partial charge in [0.1, 0.15) is 6.04 Å². The van der Waals surface area contributed by atoms with Crippen LogP contribution in [0.1, 0.15) is 44.7 Å². The van der Waals surface area contributed by atoms with E-state index in [9.17, 15) is 24.0 Å². The molecule has 2 aromatic heterocycles. The second kappa shape index (κ2) is 13.6. The molecule has 2 aromatic carbocycles. The first-order chi connectivity index (χ1) is 23.9. The van der Waals surface area contributed by atoms with Gasteiger partial charge in [-0.05, 0) is 59.4 Å². The number of ether oxygens (including phenoxy) is 2. The number of piperidine rings is 1. The van der Waals surface area contributed by atoms with Crippen LogP contribution >= 0.6 is 0 Å². The molecule has 5 amide bonds. The van der Waals surface area contributed by atoms with Crippen LogP contribution in [0.25, 0.3) is 22.3 Å². The first kappa shape index (κ1) is 31.6. The molecular formula is C36H32N6O7. The van der Waals surface area contributed by atoms with Crippen LogP contribution in [-0.2, 0) is 25.5 Å². The van der Waals surface area contributed by atoms with Crippen molar-refractivity contribution >= 4 is 35.2 Å². The van der Waals surface area contributed by atoms with E-state index in [1.807, 2.05) is 18.5 Å². The average molecular weight is 661 g/mol. The van der Waals surface area contributed by atoms with Crippen molar-refractivity contribution in [1.82, 2.24) is 25.5 Å². The van der Waals surface area contributed by atoms with Crippen LogP contribution in [0.5, 0.6) is 5.88 Å². The van der Waals surface area contributed by atoms with E-state index < -0.39 is 29.7 Å². The number of rotatable bonds is 12. The van der Waals surface area contributed by atoms with Crippen molar-refractivity contribution in [1.29, 1.82) is 0 Å². The molecule has 0 radical (unpaired) electrons. The van der Waals surface area contributed by atoms with Crippen molar-refractivity contribution in [2.75, 3.05) is 38.2 Å². The van der Waals surface area contributed by atoms with Crippen LogP contribution in [0.4, 0.5) is 5.69 Å². The number of hydrogen-bond acceptors (Lipinski definition) is 10. The highest BCUT2D eigenvalue weighted by molar-refractivity contribution is 6.25. The number of carbonyl (C=O) groups is 5. The number of amides is 5. The number of nitrogens with zero attached hydrogens (tertiary/aromatic N) is 3. The minimum absolute atomic E-state index is 0.0522. The summed E-state index contributed by atoms with van der Waals surface area (Å²) >= 11 is 0. The maximum Gasteiger partial charge on any atom is 0.264 e. The number of carbonyl (C=O) groups excluding carboxylic acids is 5. The van der Waals surface area contributed by atoms with E-state index in [2.05, 4.69) is 50.2 Å². The lowest BCUT2D eigenvalue weighted by Gasteiger charge is -2.27. The third-order valence-corrected chi connectivity index (χ3v) is 8.71. The summed E-state index contributed by atoms with van der Waals surface area (Å²) in [5.74, 6) is -2.21. The van der Waals surface area contributed by atoms with Gasteiger partial charge in [0.25, 0.3) is 17.7 Å². The lowest BCUT2D eigenvalue weighted by Crippen LogP contribution is -2.54. The predicted molar refractivity (Wildman–Crippen MR) is 177 cm³/mol. The Hall–Kier alpha value is -5.95. The summed E-state index contributed by atoms with van der Waals surface area (Å²) in [6, 6.07) is 15.9. The van der Waals surface area contributed by atoms with Gasteiger partial charge < -0.3 is 20.1 Å². The Bertz CT molecular complexity index is 1980. The molecular weight excluding hydrogens is 628 g/mol. The lowest BCUT2D eigenvalue weighted by molar-refractivity contribution is -0.136. The molecule has 248 valence electrons. The van der Waals surface area contributed by atoms with E-state index in [0.717, 1.165) is 22.4 Å². The number of nitrogens with one attached hydrogen (secondary N) is 3. The third-order valence-electron chi connectivity index (χ3n) is 8.71. The first-order valence-electron chi connectivity index (χ1n) is 16.0. The Morgan fingerprint density at radius 1 is 0.898 bits per heavy atom. The van der Waals surface area contributed by atoms with Crippen LogP contribution in [0.15, 0.2) is 73.2 Å². The van der Waals surface area contributed by atoms with Crippen molar-refractivity contribution < 1.29 is 33.4 Å². The number of imide groups is 2. The number of fused-ring (bicyclic) bond motifs is 4. The van der Waals surface area contributed by atoms with Crippen LogP contribution in [0, 0.1) is 0 Å². The zero-order valence-corrected chi connectivity index (χ0v) is 26.4. The van der Waals surface area contributed by atoms with E-state index in [1.54, 1.807) is 24.4 Å². The summed E-state index contributed by atoms with van der Waals surface area (Å²) in [7, 11) is 0. The summed E-state index contributed by atoms with van der Waals surface area (Å²) in [5, 5.41) is 8.03. The van der Waals surface area contributed by atoms with Gasteiger partial charge in [-0.25, -0.2) is 4.98 Å². The molecule has 0 spiro atoms. The lowest BCUT2D eigenvalue weighted by atomic mass is 10.0. The monoisotopic (exact) mass is 660 g/mol. The van der Waals surface area contributed by atoms with Gasteiger partial charge in [-0.15, -0.1) is 0 Å². The largest absolute Gasteiger partial charge is 0.468 e. The highest BCUT2D eigenvalue weighted by atomic mass is 16.5. The predicted octanol–water partition coefficient (Wildman–Crippen LogP) is 2.74. The molecule has 3 N–H and O–H groups in total. The molecule has 49 heavy (non-hydrogen) atoms. The molecule has 1 saturated heterocycles. The van der Waals surface area contributed by atoms with Crippen molar-refractivity contribution in [3.63, 3.8) is 0 Å². The molecule has 1 fully saturated rings. The Kier molecular flexibility index (Phi) is 8.81. The van der Waals surface area contributed by atoms with Crippen molar-refractivity contribution in [2.45, 2.75) is 25.3 Å². The minimum Gasteiger partial charge on any atom is -0.468 e. The van der Waals surface area contributed by atoms with Crippen molar-refractivity contribution in [2.24, 2.45) is 0 Å².